The lowest BCUT2D eigenvalue weighted by Gasteiger charge is -2.04. The lowest BCUT2D eigenvalue weighted by atomic mass is 10.1. The highest BCUT2D eigenvalue weighted by Gasteiger charge is 2.02. The number of nitrogens with zero attached hydrogens (tertiary/aromatic N) is 1. The van der Waals surface area contributed by atoms with E-state index in [-0.39, 0.29) is 5.75 Å². The topological polar surface area (TPSA) is 58.6 Å². The molecule has 0 atom stereocenters. The van der Waals surface area contributed by atoms with Gasteiger partial charge in [0.1, 0.15) is 11.4 Å². The lowest BCUT2D eigenvalue weighted by molar-refractivity contribution is 0.476. The standard InChI is InChI=1S/C15H16N2O/c1-10-3-5-12(6-4-10)9-17-14-8-13(16)11(2)7-15(14)18/h3-9,18H,16H2,1-2H3. The van der Waals surface area contributed by atoms with Crippen molar-refractivity contribution in [2.45, 2.75) is 13.8 Å². The van der Waals surface area contributed by atoms with Gasteiger partial charge < -0.3 is 10.8 Å². The first-order valence-corrected chi connectivity index (χ1v) is 5.76. The van der Waals surface area contributed by atoms with E-state index in [9.17, 15) is 5.11 Å². The lowest BCUT2D eigenvalue weighted by Crippen LogP contribution is -1.88. The van der Waals surface area contributed by atoms with Crippen molar-refractivity contribution in [3.05, 3.63) is 53.1 Å². The minimum atomic E-state index is 0.144. The number of nitrogens with two attached hydrogens (primary N) is 1. The first-order chi connectivity index (χ1) is 8.56. The summed E-state index contributed by atoms with van der Waals surface area (Å²) in [7, 11) is 0. The predicted octanol–water partition coefficient (Wildman–Crippen LogP) is 3.34. The molecule has 0 unspecified atom stereocenters. The van der Waals surface area contributed by atoms with Crippen molar-refractivity contribution < 1.29 is 5.11 Å². The molecule has 0 radical (unpaired) electrons. The van der Waals surface area contributed by atoms with Gasteiger partial charge in [-0.2, -0.15) is 0 Å². The van der Waals surface area contributed by atoms with E-state index in [0.29, 0.717) is 11.4 Å². The van der Waals surface area contributed by atoms with E-state index in [1.165, 1.54) is 5.56 Å². The van der Waals surface area contributed by atoms with Crippen molar-refractivity contribution in [2.24, 2.45) is 4.99 Å². The van der Waals surface area contributed by atoms with Crippen LogP contribution in [0.5, 0.6) is 5.75 Å². The fraction of sp³-hybridized carbons (Fsp3) is 0.133. The SMILES string of the molecule is Cc1ccc(C=Nc2cc(N)c(C)cc2O)cc1. The van der Waals surface area contributed by atoms with Crippen LogP contribution >= 0.6 is 0 Å². The van der Waals surface area contributed by atoms with Crippen molar-refractivity contribution >= 4 is 17.6 Å². The van der Waals surface area contributed by atoms with Gasteiger partial charge in [0.15, 0.2) is 0 Å². The molecule has 0 spiro atoms. The fourth-order valence-electron chi connectivity index (χ4n) is 1.60. The number of phenolic OH excluding ortho intramolecular Hbond substituents is 1. The van der Waals surface area contributed by atoms with Crippen molar-refractivity contribution in [2.75, 3.05) is 5.73 Å². The van der Waals surface area contributed by atoms with Crippen LogP contribution in [0.25, 0.3) is 0 Å². The van der Waals surface area contributed by atoms with Crippen LogP contribution < -0.4 is 5.73 Å². The van der Waals surface area contributed by atoms with Gasteiger partial charge in [0, 0.05) is 11.9 Å². The molecule has 18 heavy (non-hydrogen) atoms. The van der Waals surface area contributed by atoms with Crippen LogP contribution in [0, 0.1) is 13.8 Å². The largest absolute Gasteiger partial charge is 0.506 e. The van der Waals surface area contributed by atoms with E-state index in [1.807, 2.05) is 38.1 Å². The summed E-state index contributed by atoms with van der Waals surface area (Å²) in [6.45, 7) is 3.88. The quantitative estimate of drug-likeness (QED) is 0.480. The maximum Gasteiger partial charge on any atom is 0.141 e. The summed E-state index contributed by atoms with van der Waals surface area (Å²) < 4.78 is 0. The molecule has 92 valence electrons. The van der Waals surface area contributed by atoms with Crippen molar-refractivity contribution in [1.82, 2.24) is 0 Å². The van der Waals surface area contributed by atoms with E-state index in [1.54, 1.807) is 18.3 Å². The van der Waals surface area contributed by atoms with Crippen LogP contribution in [0.15, 0.2) is 41.4 Å². The molecule has 0 bridgehead atoms. The average Bonchev–Trinajstić information content (AvgIpc) is 2.34. The molecular weight excluding hydrogens is 224 g/mol. The molecule has 3 heteroatoms. The Balaban J connectivity index is 2.28. The highest BCUT2D eigenvalue weighted by Crippen LogP contribution is 2.30. The molecule has 2 aromatic carbocycles. The van der Waals surface area contributed by atoms with Gasteiger partial charge in [0.05, 0.1) is 0 Å². The summed E-state index contributed by atoms with van der Waals surface area (Å²) in [4.78, 5) is 4.25. The Kier molecular flexibility index (Phi) is 3.33. The third-order valence-corrected chi connectivity index (χ3v) is 2.79. The number of benzene rings is 2. The van der Waals surface area contributed by atoms with Gasteiger partial charge in [-0.15, -0.1) is 0 Å². The zero-order valence-electron chi connectivity index (χ0n) is 10.5. The van der Waals surface area contributed by atoms with Crippen LogP contribution in [0.2, 0.25) is 0 Å². The molecule has 2 rings (SSSR count). The first-order valence-electron chi connectivity index (χ1n) is 5.76. The van der Waals surface area contributed by atoms with E-state index < -0.39 is 0 Å². The maximum absolute atomic E-state index is 9.77. The molecule has 0 fully saturated rings. The van der Waals surface area contributed by atoms with Crippen molar-refractivity contribution in [3.8, 4) is 5.75 Å². The van der Waals surface area contributed by atoms with Gasteiger partial charge in [0.25, 0.3) is 0 Å². The second kappa shape index (κ2) is 4.92. The molecular formula is C15H16N2O. The van der Waals surface area contributed by atoms with E-state index in [4.69, 9.17) is 5.73 Å². The number of aromatic hydroxyl groups is 1. The Bertz CT molecular complexity index is 586. The molecule has 2 aromatic rings. The number of aryl methyl sites for hydroxylation is 2. The van der Waals surface area contributed by atoms with Crippen molar-refractivity contribution in [3.63, 3.8) is 0 Å². The van der Waals surface area contributed by atoms with E-state index in [2.05, 4.69) is 4.99 Å². The molecule has 0 aliphatic carbocycles. The second-order valence-electron chi connectivity index (χ2n) is 4.37. The summed E-state index contributed by atoms with van der Waals surface area (Å²) in [6, 6.07) is 11.3. The Morgan fingerprint density at radius 2 is 1.78 bits per heavy atom. The van der Waals surface area contributed by atoms with E-state index >= 15 is 0 Å². The third-order valence-electron chi connectivity index (χ3n) is 2.79. The normalized spacial score (nSPS) is 11.0. The first kappa shape index (κ1) is 12.2. The zero-order chi connectivity index (χ0) is 13.1. The Hall–Kier alpha value is -2.29. The molecule has 3 nitrogen and oxygen atoms in total. The Morgan fingerprint density at radius 1 is 1.11 bits per heavy atom. The molecule has 0 amide bonds. The molecule has 0 saturated heterocycles. The number of rotatable bonds is 2. The maximum atomic E-state index is 9.77. The molecule has 0 aromatic heterocycles. The predicted molar refractivity (Wildman–Crippen MR) is 75.7 cm³/mol. The minimum Gasteiger partial charge on any atom is -0.506 e. The Morgan fingerprint density at radius 3 is 2.44 bits per heavy atom. The highest BCUT2D eigenvalue weighted by atomic mass is 16.3. The van der Waals surface area contributed by atoms with Crippen LogP contribution in [-0.2, 0) is 0 Å². The van der Waals surface area contributed by atoms with Crippen LogP contribution in [0.4, 0.5) is 11.4 Å². The highest BCUT2D eigenvalue weighted by molar-refractivity contribution is 5.83. The monoisotopic (exact) mass is 240 g/mol. The number of nitrogen functional groups attached to an aromatic ring is 1. The summed E-state index contributed by atoms with van der Waals surface area (Å²) in [5.41, 5.74) is 9.94. The summed E-state index contributed by atoms with van der Waals surface area (Å²) in [5.74, 6) is 0.144. The van der Waals surface area contributed by atoms with E-state index in [0.717, 1.165) is 11.1 Å². The second-order valence-corrected chi connectivity index (χ2v) is 4.37. The number of hydrogen-bond donors (Lipinski definition) is 2. The minimum absolute atomic E-state index is 0.144. The van der Waals surface area contributed by atoms with Gasteiger partial charge in [-0.3, -0.25) is 4.99 Å². The number of anilines is 1. The molecule has 0 heterocycles. The van der Waals surface area contributed by atoms with Crippen LogP contribution in [0.3, 0.4) is 0 Å². The molecule has 0 saturated carbocycles. The number of phenols is 1. The summed E-state index contributed by atoms with van der Waals surface area (Å²) in [6.07, 6.45) is 1.71. The third kappa shape index (κ3) is 2.69. The molecule has 3 N–H and O–H groups in total. The fourth-order valence-corrected chi connectivity index (χ4v) is 1.60. The van der Waals surface area contributed by atoms with Crippen LogP contribution in [-0.4, -0.2) is 11.3 Å². The number of hydrogen-bond acceptors (Lipinski definition) is 3. The number of aliphatic imine (C=N–C) groups is 1. The van der Waals surface area contributed by atoms with Gasteiger partial charge in [-0.1, -0.05) is 29.8 Å². The van der Waals surface area contributed by atoms with Gasteiger partial charge in [0.2, 0.25) is 0 Å². The molecule has 0 aliphatic rings. The van der Waals surface area contributed by atoms with Crippen molar-refractivity contribution in [1.29, 1.82) is 0 Å². The zero-order valence-corrected chi connectivity index (χ0v) is 10.5. The van der Waals surface area contributed by atoms with Gasteiger partial charge in [-0.25, -0.2) is 0 Å². The smallest absolute Gasteiger partial charge is 0.141 e. The summed E-state index contributed by atoms with van der Waals surface area (Å²) >= 11 is 0. The average molecular weight is 240 g/mol. The van der Waals surface area contributed by atoms with Gasteiger partial charge in [-0.05, 0) is 37.1 Å². The Labute approximate surface area is 107 Å². The summed E-state index contributed by atoms with van der Waals surface area (Å²) in [5, 5.41) is 9.77. The van der Waals surface area contributed by atoms with Crippen LogP contribution in [0.1, 0.15) is 16.7 Å². The van der Waals surface area contributed by atoms with Gasteiger partial charge >= 0.3 is 0 Å². The molecule has 0 aliphatic heterocycles.